The van der Waals surface area contributed by atoms with Gasteiger partial charge in [-0.2, -0.15) is 9.61 Å². The van der Waals surface area contributed by atoms with Crippen LogP contribution in [0.15, 0.2) is 18.5 Å². The Labute approximate surface area is 114 Å². The quantitative estimate of drug-likeness (QED) is 0.779. The normalized spacial score (nSPS) is 11.4. The average Bonchev–Trinajstić information content (AvgIpc) is 2.80. The molecule has 104 valence electrons. The third-order valence-corrected chi connectivity index (χ3v) is 2.75. The maximum absolute atomic E-state index is 5.55. The van der Waals surface area contributed by atoms with Gasteiger partial charge in [-0.3, -0.25) is 0 Å². The number of fused-ring (bicyclic) bond motifs is 1. The van der Waals surface area contributed by atoms with Crippen molar-refractivity contribution in [2.45, 2.75) is 27.2 Å². The van der Waals surface area contributed by atoms with Crippen molar-refractivity contribution in [3.8, 4) is 0 Å². The highest BCUT2D eigenvalue weighted by atomic mass is 16.5. The van der Waals surface area contributed by atoms with Gasteiger partial charge in [-0.1, -0.05) is 13.8 Å². The third-order valence-electron chi connectivity index (χ3n) is 2.75. The van der Waals surface area contributed by atoms with Gasteiger partial charge in [0.2, 0.25) is 0 Å². The minimum Gasteiger partial charge on any atom is -0.381 e. The molecule has 0 fully saturated rings. The SMILES string of the molecule is Cc1cc(NCCCOCC(C)C)n2ncnc2c1. The van der Waals surface area contributed by atoms with Crippen LogP contribution in [-0.2, 0) is 4.74 Å². The summed E-state index contributed by atoms with van der Waals surface area (Å²) in [6.07, 6.45) is 2.56. The number of hydrogen-bond acceptors (Lipinski definition) is 4. The molecular formula is C14H22N4O. The number of nitrogens with zero attached hydrogens (tertiary/aromatic N) is 3. The Bertz CT molecular complexity index is 521. The Morgan fingerprint density at radius 1 is 1.37 bits per heavy atom. The molecule has 0 spiro atoms. The molecule has 0 saturated heterocycles. The molecule has 5 heteroatoms. The number of ether oxygens (including phenoxy) is 1. The average molecular weight is 262 g/mol. The Kier molecular flexibility index (Phi) is 4.74. The molecule has 2 rings (SSSR count). The van der Waals surface area contributed by atoms with Crippen LogP contribution in [0.2, 0.25) is 0 Å². The van der Waals surface area contributed by atoms with Crippen molar-refractivity contribution >= 4 is 11.5 Å². The van der Waals surface area contributed by atoms with Gasteiger partial charge >= 0.3 is 0 Å². The van der Waals surface area contributed by atoms with Crippen LogP contribution in [0.4, 0.5) is 5.82 Å². The molecule has 2 heterocycles. The summed E-state index contributed by atoms with van der Waals surface area (Å²) in [7, 11) is 0. The predicted octanol–water partition coefficient (Wildman–Crippen LogP) is 2.51. The van der Waals surface area contributed by atoms with Crippen LogP contribution in [0.5, 0.6) is 0 Å². The first-order valence-electron chi connectivity index (χ1n) is 6.79. The van der Waals surface area contributed by atoms with E-state index in [0.29, 0.717) is 5.92 Å². The lowest BCUT2D eigenvalue weighted by atomic mass is 10.2. The zero-order valence-corrected chi connectivity index (χ0v) is 11.9. The van der Waals surface area contributed by atoms with Crippen LogP contribution in [0.25, 0.3) is 5.65 Å². The van der Waals surface area contributed by atoms with Crippen molar-refractivity contribution in [2.24, 2.45) is 5.92 Å². The first-order valence-corrected chi connectivity index (χ1v) is 6.79. The molecule has 0 aromatic carbocycles. The highest BCUT2D eigenvalue weighted by Gasteiger charge is 2.03. The fourth-order valence-electron chi connectivity index (χ4n) is 1.89. The van der Waals surface area contributed by atoms with E-state index in [1.807, 2.05) is 10.6 Å². The zero-order valence-electron chi connectivity index (χ0n) is 11.9. The number of rotatable bonds is 7. The van der Waals surface area contributed by atoms with E-state index in [4.69, 9.17) is 4.74 Å². The third kappa shape index (κ3) is 3.92. The molecule has 2 aromatic rings. The summed E-state index contributed by atoms with van der Waals surface area (Å²) in [6.45, 7) is 8.87. The van der Waals surface area contributed by atoms with E-state index >= 15 is 0 Å². The van der Waals surface area contributed by atoms with Gasteiger partial charge in [-0.05, 0) is 37.0 Å². The first kappa shape index (κ1) is 13.8. The van der Waals surface area contributed by atoms with E-state index < -0.39 is 0 Å². The first-order chi connectivity index (χ1) is 9.16. The number of pyridine rings is 1. The molecule has 0 aliphatic carbocycles. The summed E-state index contributed by atoms with van der Waals surface area (Å²) >= 11 is 0. The van der Waals surface area contributed by atoms with Crippen LogP contribution >= 0.6 is 0 Å². The van der Waals surface area contributed by atoms with Gasteiger partial charge in [-0.25, -0.2) is 4.98 Å². The Morgan fingerprint density at radius 2 is 2.21 bits per heavy atom. The molecule has 19 heavy (non-hydrogen) atoms. The molecule has 0 bridgehead atoms. The minimum absolute atomic E-state index is 0.597. The molecule has 5 nitrogen and oxygen atoms in total. The van der Waals surface area contributed by atoms with E-state index in [2.05, 4.69) is 42.2 Å². The largest absolute Gasteiger partial charge is 0.381 e. The van der Waals surface area contributed by atoms with Gasteiger partial charge < -0.3 is 10.1 Å². The maximum atomic E-state index is 5.55. The highest BCUT2D eigenvalue weighted by Crippen LogP contribution is 2.12. The lowest BCUT2D eigenvalue weighted by Gasteiger charge is -2.10. The highest BCUT2D eigenvalue weighted by molar-refractivity contribution is 5.51. The lowest BCUT2D eigenvalue weighted by molar-refractivity contribution is 0.110. The van der Waals surface area contributed by atoms with Crippen LogP contribution in [0.1, 0.15) is 25.8 Å². The topological polar surface area (TPSA) is 51.5 Å². The summed E-state index contributed by atoms with van der Waals surface area (Å²) in [5.41, 5.74) is 2.05. The second-order valence-corrected chi connectivity index (χ2v) is 5.20. The van der Waals surface area contributed by atoms with E-state index in [1.54, 1.807) is 6.33 Å². The standard InChI is InChI=1S/C14H22N4O/c1-11(2)9-19-6-4-5-15-13-7-12(3)8-14-16-10-17-18(13)14/h7-8,10-11,15H,4-6,9H2,1-3H3. The Morgan fingerprint density at radius 3 is 3.00 bits per heavy atom. The molecule has 2 aromatic heterocycles. The van der Waals surface area contributed by atoms with Crippen molar-refractivity contribution < 1.29 is 4.74 Å². The summed E-state index contributed by atoms with van der Waals surface area (Å²) in [6, 6.07) is 4.10. The van der Waals surface area contributed by atoms with Gasteiger partial charge in [0.05, 0.1) is 0 Å². The Balaban J connectivity index is 1.83. The number of nitrogens with one attached hydrogen (secondary N) is 1. The van der Waals surface area contributed by atoms with Gasteiger partial charge in [-0.15, -0.1) is 0 Å². The molecule has 0 amide bonds. The monoisotopic (exact) mass is 262 g/mol. The van der Waals surface area contributed by atoms with E-state index in [-0.39, 0.29) is 0 Å². The van der Waals surface area contributed by atoms with Gasteiger partial charge in [0.15, 0.2) is 5.65 Å². The van der Waals surface area contributed by atoms with Crippen LogP contribution in [-0.4, -0.2) is 34.4 Å². The molecular weight excluding hydrogens is 240 g/mol. The Hall–Kier alpha value is -1.62. The number of aromatic nitrogens is 3. The van der Waals surface area contributed by atoms with Crippen molar-refractivity contribution in [2.75, 3.05) is 25.1 Å². The van der Waals surface area contributed by atoms with E-state index in [1.165, 1.54) is 5.56 Å². The van der Waals surface area contributed by atoms with Crippen molar-refractivity contribution in [3.05, 3.63) is 24.0 Å². The summed E-state index contributed by atoms with van der Waals surface area (Å²) in [4.78, 5) is 4.20. The van der Waals surface area contributed by atoms with Crippen molar-refractivity contribution in [1.29, 1.82) is 0 Å². The zero-order chi connectivity index (χ0) is 13.7. The molecule has 0 aliphatic heterocycles. The van der Waals surface area contributed by atoms with Gasteiger partial charge in [0.25, 0.3) is 0 Å². The number of hydrogen-bond donors (Lipinski definition) is 1. The molecule has 0 unspecified atom stereocenters. The van der Waals surface area contributed by atoms with Crippen molar-refractivity contribution in [1.82, 2.24) is 14.6 Å². The lowest BCUT2D eigenvalue weighted by Crippen LogP contribution is -2.11. The second kappa shape index (κ2) is 6.52. The maximum Gasteiger partial charge on any atom is 0.157 e. The molecule has 1 N–H and O–H groups in total. The molecule has 0 radical (unpaired) electrons. The van der Waals surface area contributed by atoms with Crippen LogP contribution < -0.4 is 5.32 Å². The smallest absolute Gasteiger partial charge is 0.157 e. The van der Waals surface area contributed by atoms with E-state index in [9.17, 15) is 0 Å². The summed E-state index contributed by atoms with van der Waals surface area (Å²) in [5, 5.41) is 7.59. The van der Waals surface area contributed by atoms with Gasteiger partial charge in [0, 0.05) is 19.8 Å². The van der Waals surface area contributed by atoms with Crippen molar-refractivity contribution in [3.63, 3.8) is 0 Å². The molecule has 0 saturated carbocycles. The number of aryl methyl sites for hydroxylation is 1. The van der Waals surface area contributed by atoms with Crippen LogP contribution in [0.3, 0.4) is 0 Å². The molecule has 0 aliphatic rings. The fourth-order valence-corrected chi connectivity index (χ4v) is 1.89. The predicted molar refractivity (Wildman–Crippen MR) is 76.5 cm³/mol. The van der Waals surface area contributed by atoms with Crippen LogP contribution in [0, 0.1) is 12.8 Å². The summed E-state index contributed by atoms with van der Waals surface area (Å²) < 4.78 is 7.38. The minimum atomic E-state index is 0.597. The van der Waals surface area contributed by atoms with Gasteiger partial charge in [0.1, 0.15) is 12.1 Å². The summed E-state index contributed by atoms with van der Waals surface area (Å²) in [5.74, 6) is 1.58. The number of anilines is 1. The second-order valence-electron chi connectivity index (χ2n) is 5.20. The fraction of sp³-hybridized carbons (Fsp3) is 0.571. The molecule has 0 atom stereocenters. The van der Waals surface area contributed by atoms with E-state index in [0.717, 1.165) is 37.6 Å².